The molecule has 2 N–H and O–H groups in total. The van der Waals surface area contributed by atoms with Crippen LogP contribution in [0.25, 0.3) is 0 Å². The highest BCUT2D eigenvalue weighted by atomic mass is 35.5. The normalized spacial score (nSPS) is 10.2. The van der Waals surface area contributed by atoms with Crippen LogP contribution in [0.1, 0.15) is 28.6 Å². The molecule has 0 atom stereocenters. The van der Waals surface area contributed by atoms with E-state index in [-0.39, 0.29) is 24.9 Å². The summed E-state index contributed by atoms with van der Waals surface area (Å²) in [7, 11) is 0. The number of amides is 1. The second-order valence-electron chi connectivity index (χ2n) is 4.57. The third kappa shape index (κ3) is 4.40. The minimum atomic E-state index is -0.105. The monoisotopic (exact) mass is 362 g/mol. The highest BCUT2D eigenvalue weighted by Crippen LogP contribution is 2.23. The average molecular weight is 364 g/mol. The van der Waals surface area contributed by atoms with E-state index in [1.165, 1.54) is 6.26 Å². The Balaban J connectivity index is 0.00000242. The number of rotatable bonds is 5. The van der Waals surface area contributed by atoms with Crippen molar-refractivity contribution in [3.63, 3.8) is 0 Å². The van der Waals surface area contributed by atoms with Crippen LogP contribution in [0.15, 0.2) is 34.9 Å². The Morgan fingerprint density at radius 3 is 2.55 bits per heavy atom. The molecular weight excluding hydrogens is 347 g/mol. The van der Waals surface area contributed by atoms with Crippen LogP contribution in [0.4, 0.5) is 0 Å². The average Bonchev–Trinajstić information content (AvgIpc) is 2.96. The summed E-state index contributed by atoms with van der Waals surface area (Å²) in [6, 6.07) is 7.01. The van der Waals surface area contributed by atoms with Gasteiger partial charge in [-0.15, -0.1) is 12.4 Å². The number of nitrogens with two attached hydrogens (primary N) is 1. The lowest BCUT2D eigenvalue weighted by molar-refractivity contribution is 0.0752. The van der Waals surface area contributed by atoms with Gasteiger partial charge in [-0.3, -0.25) is 4.79 Å². The van der Waals surface area contributed by atoms with Gasteiger partial charge in [0.05, 0.1) is 22.2 Å². The first kappa shape index (κ1) is 18.8. The summed E-state index contributed by atoms with van der Waals surface area (Å²) in [5.41, 5.74) is 6.90. The molecule has 0 saturated carbocycles. The standard InChI is InChI=1S/C15H16Cl2N2O2.ClH/c1-2-19(8-10-3-4-13(16)14(17)5-10)15(20)11-6-12(7-18)21-9-11;/h3-6,9H,2,7-8,18H2,1H3;1H. The van der Waals surface area contributed by atoms with E-state index >= 15 is 0 Å². The van der Waals surface area contributed by atoms with Gasteiger partial charge in [-0.2, -0.15) is 0 Å². The van der Waals surface area contributed by atoms with E-state index in [1.54, 1.807) is 23.1 Å². The number of benzene rings is 1. The molecule has 7 heteroatoms. The molecule has 0 aliphatic carbocycles. The van der Waals surface area contributed by atoms with Crippen molar-refractivity contribution in [2.45, 2.75) is 20.0 Å². The number of furan rings is 1. The van der Waals surface area contributed by atoms with Gasteiger partial charge in [0, 0.05) is 13.1 Å². The summed E-state index contributed by atoms with van der Waals surface area (Å²) in [6.07, 6.45) is 1.43. The lowest BCUT2D eigenvalue weighted by Crippen LogP contribution is -2.30. The quantitative estimate of drug-likeness (QED) is 0.869. The second kappa shape index (κ2) is 8.44. The third-order valence-corrected chi connectivity index (χ3v) is 3.87. The molecule has 4 nitrogen and oxygen atoms in total. The van der Waals surface area contributed by atoms with Gasteiger partial charge in [-0.25, -0.2) is 0 Å². The van der Waals surface area contributed by atoms with E-state index in [0.29, 0.717) is 34.5 Å². The van der Waals surface area contributed by atoms with Crippen molar-refractivity contribution in [1.29, 1.82) is 0 Å². The molecule has 0 aliphatic heterocycles. The molecular formula is C15H17Cl3N2O2. The molecule has 1 aromatic heterocycles. The maximum absolute atomic E-state index is 12.4. The maximum Gasteiger partial charge on any atom is 0.257 e. The van der Waals surface area contributed by atoms with E-state index in [4.69, 9.17) is 33.4 Å². The summed E-state index contributed by atoms with van der Waals surface area (Å²) in [5.74, 6) is 0.482. The molecule has 0 bridgehead atoms. The Labute approximate surface area is 145 Å². The molecule has 1 aromatic carbocycles. The first-order valence-corrected chi connectivity index (χ1v) is 7.31. The van der Waals surface area contributed by atoms with Crippen molar-refractivity contribution in [2.75, 3.05) is 6.54 Å². The van der Waals surface area contributed by atoms with E-state index in [2.05, 4.69) is 0 Å². The fourth-order valence-corrected chi connectivity index (χ4v) is 2.29. The van der Waals surface area contributed by atoms with Crippen molar-refractivity contribution in [1.82, 2.24) is 4.90 Å². The number of hydrogen-bond donors (Lipinski definition) is 1. The summed E-state index contributed by atoms with van der Waals surface area (Å²) < 4.78 is 5.20. The Morgan fingerprint density at radius 2 is 2.00 bits per heavy atom. The third-order valence-electron chi connectivity index (χ3n) is 3.13. The zero-order chi connectivity index (χ0) is 15.4. The summed E-state index contributed by atoms with van der Waals surface area (Å²) in [5, 5.41) is 0.976. The van der Waals surface area contributed by atoms with E-state index in [9.17, 15) is 4.79 Å². The van der Waals surface area contributed by atoms with Gasteiger partial charge in [0.25, 0.3) is 5.91 Å². The summed E-state index contributed by atoms with van der Waals surface area (Å²) >= 11 is 11.9. The van der Waals surface area contributed by atoms with E-state index in [0.717, 1.165) is 5.56 Å². The molecule has 1 amide bonds. The van der Waals surface area contributed by atoms with Crippen LogP contribution in [0, 0.1) is 0 Å². The molecule has 2 aromatic rings. The molecule has 1 heterocycles. The zero-order valence-corrected chi connectivity index (χ0v) is 14.3. The zero-order valence-electron chi connectivity index (χ0n) is 12.0. The lowest BCUT2D eigenvalue weighted by atomic mass is 10.2. The number of carbonyl (C=O) groups excluding carboxylic acids is 1. The van der Waals surface area contributed by atoms with Crippen molar-refractivity contribution < 1.29 is 9.21 Å². The Morgan fingerprint density at radius 1 is 1.27 bits per heavy atom. The van der Waals surface area contributed by atoms with Gasteiger partial charge in [-0.1, -0.05) is 29.3 Å². The number of carbonyl (C=O) groups is 1. The van der Waals surface area contributed by atoms with Crippen LogP contribution in [0.5, 0.6) is 0 Å². The van der Waals surface area contributed by atoms with Gasteiger partial charge < -0.3 is 15.1 Å². The minimum Gasteiger partial charge on any atom is -0.467 e. The Kier molecular flexibility index (Phi) is 7.23. The molecule has 0 fully saturated rings. The second-order valence-corrected chi connectivity index (χ2v) is 5.39. The van der Waals surface area contributed by atoms with Crippen LogP contribution < -0.4 is 5.73 Å². The summed E-state index contributed by atoms with van der Waals surface area (Å²) in [6.45, 7) is 3.21. The van der Waals surface area contributed by atoms with Gasteiger partial charge >= 0.3 is 0 Å². The molecule has 22 heavy (non-hydrogen) atoms. The van der Waals surface area contributed by atoms with Crippen molar-refractivity contribution >= 4 is 41.5 Å². The lowest BCUT2D eigenvalue weighted by Gasteiger charge is -2.20. The van der Waals surface area contributed by atoms with Gasteiger partial charge in [-0.05, 0) is 30.7 Å². The van der Waals surface area contributed by atoms with Gasteiger partial charge in [0.1, 0.15) is 12.0 Å². The molecule has 0 saturated heterocycles. The van der Waals surface area contributed by atoms with Crippen LogP contribution in [0.3, 0.4) is 0 Å². The fraction of sp³-hybridized carbons (Fsp3) is 0.267. The van der Waals surface area contributed by atoms with Crippen molar-refractivity contribution in [2.24, 2.45) is 5.73 Å². The fourth-order valence-electron chi connectivity index (χ4n) is 1.97. The molecule has 120 valence electrons. The van der Waals surface area contributed by atoms with Crippen LogP contribution >= 0.6 is 35.6 Å². The summed E-state index contributed by atoms with van der Waals surface area (Å²) in [4.78, 5) is 14.1. The van der Waals surface area contributed by atoms with Crippen LogP contribution in [-0.4, -0.2) is 17.4 Å². The predicted octanol–water partition coefficient (Wildman–Crippen LogP) is 4.13. The SMILES string of the molecule is CCN(Cc1ccc(Cl)c(Cl)c1)C(=O)c1coc(CN)c1.Cl. The van der Waals surface area contributed by atoms with E-state index < -0.39 is 0 Å². The first-order valence-electron chi connectivity index (χ1n) is 6.55. The Hall–Kier alpha value is -1.20. The van der Waals surface area contributed by atoms with Crippen LogP contribution in [-0.2, 0) is 13.1 Å². The molecule has 0 aliphatic rings. The number of hydrogen-bond acceptors (Lipinski definition) is 3. The molecule has 0 radical (unpaired) electrons. The van der Waals surface area contributed by atoms with E-state index in [1.807, 2.05) is 13.0 Å². The number of nitrogens with zero attached hydrogens (tertiary/aromatic N) is 1. The topological polar surface area (TPSA) is 59.5 Å². The van der Waals surface area contributed by atoms with Crippen molar-refractivity contribution in [3.8, 4) is 0 Å². The number of halogens is 3. The van der Waals surface area contributed by atoms with Crippen molar-refractivity contribution in [3.05, 3.63) is 57.5 Å². The predicted molar refractivity (Wildman–Crippen MR) is 90.7 cm³/mol. The molecule has 2 rings (SSSR count). The minimum absolute atomic E-state index is 0. The first-order chi connectivity index (χ1) is 10.0. The van der Waals surface area contributed by atoms with Gasteiger partial charge in [0.15, 0.2) is 0 Å². The largest absolute Gasteiger partial charge is 0.467 e. The highest BCUT2D eigenvalue weighted by molar-refractivity contribution is 6.42. The molecule has 0 spiro atoms. The Bertz CT molecular complexity index is 643. The highest BCUT2D eigenvalue weighted by Gasteiger charge is 2.17. The smallest absolute Gasteiger partial charge is 0.257 e. The van der Waals surface area contributed by atoms with Crippen LogP contribution in [0.2, 0.25) is 10.0 Å². The maximum atomic E-state index is 12.4. The van der Waals surface area contributed by atoms with Gasteiger partial charge in [0.2, 0.25) is 0 Å². The molecule has 0 unspecified atom stereocenters.